The standard InChI is InChI=1S/C26H29N5O4S/c1-2-34-19-4-5-20-21(14-19)30-25(15-27-20)35-12-11-31-9-7-18(8-10-31)28-26(33)17-3-6-23-22(13-17)29-24(32)16-36-23/h3-6,13-15,18H,2,7-12,16H2,1H3,(H,28,33)(H,29,32). The lowest BCUT2D eigenvalue weighted by molar-refractivity contribution is -0.113. The van der Waals surface area contributed by atoms with Gasteiger partial charge in [0.25, 0.3) is 5.91 Å². The molecule has 3 heterocycles. The Kier molecular flexibility index (Phi) is 7.52. The molecule has 36 heavy (non-hydrogen) atoms. The number of nitrogens with zero attached hydrogens (tertiary/aromatic N) is 3. The predicted octanol–water partition coefficient (Wildman–Crippen LogP) is 3.35. The third kappa shape index (κ3) is 5.88. The highest BCUT2D eigenvalue weighted by atomic mass is 32.2. The molecule has 2 aromatic carbocycles. The second-order valence-corrected chi connectivity index (χ2v) is 9.79. The zero-order chi connectivity index (χ0) is 24.9. The van der Waals surface area contributed by atoms with Crippen LogP contribution in [-0.2, 0) is 4.79 Å². The molecule has 0 bridgehead atoms. The summed E-state index contributed by atoms with van der Waals surface area (Å²) in [5.74, 6) is 1.53. The van der Waals surface area contributed by atoms with Gasteiger partial charge in [0.2, 0.25) is 11.8 Å². The predicted molar refractivity (Wildman–Crippen MR) is 139 cm³/mol. The average Bonchev–Trinajstić information content (AvgIpc) is 2.89. The number of carbonyl (C=O) groups excluding carboxylic acids is 2. The number of hydrogen-bond donors (Lipinski definition) is 2. The molecule has 9 nitrogen and oxygen atoms in total. The molecule has 0 radical (unpaired) electrons. The van der Waals surface area contributed by atoms with E-state index in [1.807, 2.05) is 37.3 Å². The monoisotopic (exact) mass is 507 g/mol. The molecule has 0 aliphatic carbocycles. The van der Waals surface area contributed by atoms with Crippen molar-refractivity contribution >= 4 is 40.3 Å². The van der Waals surface area contributed by atoms with Gasteiger partial charge in [-0.3, -0.25) is 14.5 Å². The quantitative estimate of drug-likeness (QED) is 0.478. The van der Waals surface area contributed by atoms with Crippen LogP contribution in [0, 0.1) is 0 Å². The molecule has 0 saturated carbocycles. The van der Waals surface area contributed by atoms with Crippen LogP contribution in [0.4, 0.5) is 5.69 Å². The van der Waals surface area contributed by atoms with Gasteiger partial charge >= 0.3 is 0 Å². The number of piperidine rings is 1. The van der Waals surface area contributed by atoms with Crippen LogP contribution in [0.25, 0.3) is 11.0 Å². The fourth-order valence-corrected chi connectivity index (χ4v) is 5.16. The van der Waals surface area contributed by atoms with Crippen molar-refractivity contribution in [3.63, 3.8) is 0 Å². The van der Waals surface area contributed by atoms with Crippen LogP contribution in [0.1, 0.15) is 30.1 Å². The first-order valence-electron chi connectivity index (χ1n) is 12.2. The zero-order valence-corrected chi connectivity index (χ0v) is 21.0. The van der Waals surface area contributed by atoms with Crippen molar-refractivity contribution in [2.45, 2.75) is 30.7 Å². The Balaban J connectivity index is 1.07. The van der Waals surface area contributed by atoms with Crippen LogP contribution in [0.2, 0.25) is 0 Å². The number of carbonyl (C=O) groups is 2. The van der Waals surface area contributed by atoms with Gasteiger partial charge in [-0.25, -0.2) is 9.97 Å². The molecule has 10 heteroatoms. The average molecular weight is 508 g/mol. The first-order chi connectivity index (χ1) is 17.6. The first kappa shape index (κ1) is 24.3. The number of benzene rings is 2. The SMILES string of the molecule is CCOc1ccc2ncc(OCCN3CCC(NC(=O)c4ccc5c(c4)NC(=O)CS5)CC3)nc2c1. The molecule has 1 fully saturated rings. The van der Waals surface area contributed by atoms with E-state index in [0.717, 1.165) is 54.2 Å². The number of amides is 2. The van der Waals surface area contributed by atoms with Gasteiger partial charge in [-0.1, -0.05) is 0 Å². The largest absolute Gasteiger partial charge is 0.494 e. The molecule has 2 aliphatic rings. The minimum Gasteiger partial charge on any atom is -0.494 e. The number of nitrogens with one attached hydrogen (secondary N) is 2. The number of anilines is 1. The van der Waals surface area contributed by atoms with E-state index >= 15 is 0 Å². The van der Waals surface area contributed by atoms with E-state index in [-0.39, 0.29) is 17.9 Å². The fraction of sp³-hybridized carbons (Fsp3) is 0.385. The number of hydrogen-bond acceptors (Lipinski definition) is 8. The molecule has 5 rings (SSSR count). The van der Waals surface area contributed by atoms with E-state index in [0.29, 0.717) is 36.1 Å². The molecule has 0 unspecified atom stereocenters. The molecule has 2 amide bonds. The van der Waals surface area contributed by atoms with E-state index in [4.69, 9.17) is 9.47 Å². The smallest absolute Gasteiger partial charge is 0.251 e. The summed E-state index contributed by atoms with van der Waals surface area (Å²) in [5, 5.41) is 5.98. The van der Waals surface area contributed by atoms with Gasteiger partial charge in [0.15, 0.2) is 0 Å². The van der Waals surface area contributed by atoms with Gasteiger partial charge in [0.05, 0.1) is 35.3 Å². The minimum absolute atomic E-state index is 0.0372. The van der Waals surface area contributed by atoms with Crippen molar-refractivity contribution < 1.29 is 19.1 Å². The molecule has 1 aromatic heterocycles. The summed E-state index contributed by atoms with van der Waals surface area (Å²) in [6.45, 7) is 5.60. The van der Waals surface area contributed by atoms with E-state index in [9.17, 15) is 9.59 Å². The van der Waals surface area contributed by atoms with Crippen LogP contribution in [-0.4, -0.2) is 71.3 Å². The lowest BCUT2D eigenvalue weighted by Crippen LogP contribution is -2.45. The van der Waals surface area contributed by atoms with E-state index in [1.165, 1.54) is 11.8 Å². The molecule has 188 valence electrons. The lowest BCUT2D eigenvalue weighted by Gasteiger charge is -2.32. The van der Waals surface area contributed by atoms with E-state index < -0.39 is 0 Å². The van der Waals surface area contributed by atoms with Gasteiger partial charge in [0, 0.05) is 42.2 Å². The van der Waals surface area contributed by atoms with Crippen LogP contribution in [0.5, 0.6) is 11.6 Å². The second kappa shape index (κ2) is 11.1. The summed E-state index contributed by atoms with van der Waals surface area (Å²) >= 11 is 1.49. The normalized spacial score (nSPS) is 16.3. The zero-order valence-electron chi connectivity index (χ0n) is 20.2. The molecule has 0 atom stereocenters. The lowest BCUT2D eigenvalue weighted by atomic mass is 10.0. The summed E-state index contributed by atoms with van der Waals surface area (Å²) in [6, 6.07) is 11.3. The number of rotatable bonds is 8. The molecular formula is C26H29N5O4S. The minimum atomic E-state index is -0.105. The Labute approximate surface area is 214 Å². The van der Waals surface area contributed by atoms with Crippen molar-refractivity contribution in [1.82, 2.24) is 20.2 Å². The molecule has 3 aromatic rings. The van der Waals surface area contributed by atoms with Gasteiger partial charge in [-0.2, -0.15) is 0 Å². The van der Waals surface area contributed by atoms with Crippen LogP contribution >= 0.6 is 11.8 Å². The maximum Gasteiger partial charge on any atom is 0.251 e. The maximum atomic E-state index is 12.8. The molecular weight excluding hydrogens is 478 g/mol. The van der Waals surface area contributed by atoms with Gasteiger partial charge < -0.3 is 20.1 Å². The van der Waals surface area contributed by atoms with Crippen LogP contribution < -0.4 is 20.1 Å². The Morgan fingerprint density at radius 1 is 1.17 bits per heavy atom. The fourth-order valence-electron chi connectivity index (χ4n) is 4.37. The Morgan fingerprint density at radius 2 is 2.03 bits per heavy atom. The summed E-state index contributed by atoms with van der Waals surface area (Å²) in [4.78, 5) is 36.7. The molecule has 2 aliphatic heterocycles. The van der Waals surface area contributed by atoms with Crippen LogP contribution in [0.3, 0.4) is 0 Å². The van der Waals surface area contributed by atoms with Crippen molar-refractivity contribution in [2.75, 3.05) is 43.9 Å². The highest BCUT2D eigenvalue weighted by molar-refractivity contribution is 8.00. The molecule has 0 spiro atoms. The summed E-state index contributed by atoms with van der Waals surface area (Å²) in [7, 11) is 0. The van der Waals surface area contributed by atoms with Gasteiger partial charge in [0.1, 0.15) is 12.4 Å². The van der Waals surface area contributed by atoms with Crippen molar-refractivity contribution in [3.05, 3.63) is 48.2 Å². The van der Waals surface area contributed by atoms with Gasteiger partial charge in [-0.15, -0.1) is 11.8 Å². The third-order valence-corrected chi connectivity index (χ3v) is 7.33. The highest BCUT2D eigenvalue weighted by Gasteiger charge is 2.22. The number of fused-ring (bicyclic) bond motifs is 2. The Morgan fingerprint density at radius 3 is 2.86 bits per heavy atom. The number of likely N-dealkylation sites (tertiary alicyclic amines) is 1. The number of aromatic nitrogens is 2. The molecule has 2 N–H and O–H groups in total. The molecule has 1 saturated heterocycles. The third-order valence-electron chi connectivity index (χ3n) is 6.26. The Hall–Kier alpha value is -3.37. The summed E-state index contributed by atoms with van der Waals surface area (Å²) in [6.07, 6.45) is 3.40. The second-order valence-electron chi connectivity index (χ2n) is 8.78. The van der Waals surface area contributed by atoms with E-state index in [2.05, 4.69) is 25.5 Å². The van der Waals surface area contributed by atoms with Gasteiger partial charge in [-0.05, 0) is 50.1 Å². The van der Waals surface area contributed by atoms with Crippen molar-refractivity contribution in [3.8, 4) is 11.6 Å². The van der Waals surface area contributed by atoms with Crippen molar-refractivity contribution in [2.24, 2.45) is 0 Å². The first-order valence-corrected chi connectivity index (χ1v) is 13.2. The Bertz CT molecular complexity index is 1260. The summed E-state index contributed by atoms with van der Waals surface area (Å²) in [5.41, 5.74) is 2.82. The maximum absolute atomic E-state index is 12.8. The summed E-state index contributed by atoms with van der Waals surface area (Å²) < 4.78 is 11.4. The topological polar surface area (TPSA) is 106 Å². The van der Waals surface area contributed by atoms with Crippen molar-refractivity contribution in [1.29, 1.82) is 0 Å². The van der Waals surface area contributed by atoms with E-state index in [1.54, 1.807) is 12.3 Å². The highest BCUT2D eigenvalue weighted by Crippen LogP contribution is 2.32. The number of ether oxygens (including phenoxy) is 2. The number of thioether (sulfide) groups is 1. The van der Waals surface area contributed by atoms with Crippen LogP contribution in [0.15, 0.2) is 47.5 Å².